The molecule has 0 unspecified atom stereocenters. The van der Waals surface area contributed by atoms with Gasteiger partial charge in [-0.3, -0.25) is 9.59 Å². The van der Waals surface area contributed by atoms with Crippen molar-refractivity contribution in [1.29, 1.82) is 0 Å². The number of benzene rings is 2. The minimum Gasteiger partial charge on any atom is -0.436 e. The topological polar surface area (TPSA) is 97.7 Å². The number of carbonyl (C=O) groups is 2. The maximum Gasteiger partial charge on any atom is 0.271 e. The Hall–Kier alpha value is -3.41. The summed E-state index contributed by atoms with van der Waals surface area (Å²) in [6, 6.07) is 15.8. The van der Waals surface area contributed by atoms with Gasteiger partial charge in [0, 0.05) is 10.9 Å². The van der Waals surface area contributed by atoms with E-state index in [1.54, 1.807) is 42.5 Å². The summed E-state index contributed by atoms with van der Waals surface area (Å²) in [6.07, 6.45) is 0. The SMILES string of the molecule is Cc1cccc(C(=O)N/N=c2\oc3ccccc3cc2C(N)=O)c1. The van der Waals surface area contributed by atoms with Crippen LogP contribution in [0.1, 0.15) is 26.3 Å². The van der Waals surface area contributed by atoms with E-state index in [0.717, 1.165) is 10.9 Å². The molecule has 0 radical (unpaired) electrons. The van der Waals surface area contributed by atoms with E-state index in [9.17, 15) is 9.59 Å². The van der Waals surface area contributed by atoms with E-state index in [1.165, 1.54) is 0 Å². The first kappa shape index (κ1) is 15.5. The molecule has 0 atom stereocenters. The van der Waals surface area contributed by atoms with Gasteiger partial charge in [-0.05, 0) is 31.2 Å². The minimum absolute atomic E-state index is 0.0396. The zero-order valence-electron chi connectivity index (χ0n) is 12.9. The quantitative estimate of drug-likeness (QED) is 0.723. The standard InChI is InChI=1S/C18H15N3O3/c1-11-5-4-7-13(9-11)17(23)20-21-18-14(16(19)22)10-12-6-2-3-8-15(12)24-18/h2-10H,1H3,(H2,19,22)(H,20,23)/b21-18-. The van der Waals surface area contributed by atoms with E-state index < -0.39 is 11.8 Å². The summed E-state index contributed by atoms with van der Waals surface area (Å²) in [4.78, 5) is 23.8. The fourth-order valence-corrected chi connectivity index (χ4v) is 2.28. The maximum absolute atomic E-state index is 12.2. The fraction of sp³-hybridized carbons (Fsp3) is 0.0556. The van der Waals surface area contributed by atoms with Gasteiger partial charge in [0.25, 0.3) is 11.8 Å². The molecule has 0 aliphatic rings. The maximum atomic E-state index is 12.2. The number of nitrogens with two attached hydrogens (primary N) is 1. The second kappa shape index (κ2) is 6.37. The molecule has 2 aromatic carbocycles. The lowest BCUT2D eigenvalue weighted by Gasteiger charge is -2.03. The Bertz CT molecular complexity index is 1010. The van der Waals surface area contributed by atoms with Crippen LogP contribution in [-0.2, 0) is 0 Å². The highest BCUT2D eigenvalue weighted by molar-refractivity contribution is 5.96. The van der Waals surface area contributed by atoms with Crippen molar-refractivity contribution in [3.8, 4) is 0 Å². The zero-order chi connectivity index (χ0) is 17.1. The summed E-state index contributed by atoms with van der Waals surface area (Å²) < 4.78 is 5.58. The van der Waals surface area contributed by atoms with Crippen LogP contribution in [0.15, 0.2) is 64.1 Å². The zero-order valence-corrected chi connectivity index (χ0v) is 12.9. The fourth-order valence-electron chi connectivity index (χ4n) is 2.28. The molecule has 1 aromatic heterocycles. The molecule has 6 nitrogen and oxygen atoms in total. The third kappa shape index (κ3) is 3.17. The molecule has 0 saturated carbocycles. The average Bonchev–Trinajstić information content (AvgIpc) is 2.58. The van der Waals surface area contributed by atoms with E-state index in [0.29, 0.717) is 11.1 Å². The number of hydrogen-bond acceptors (Lipinski definition) is 4. The van der Waals surface area contributed by atoms with Crippen LogP contribution in [0.3, 0.4) is 0 Å². The lowest BCUT2D eigenvalue weighted by atomic mass is 10.1. The van der Waals surface area contributed by atoms with Gasteiger partial charge < -0.3 is 10.2 Å². The predicted octanol–water partition coefficient (Wildman–Crippen LogP) is 2.09. The molecular weight excluding hydrogens is 306 g/mol. The third-order valence-electron chi connectivity index (χ3n) is 3.46. The first-order valence-corrected chi connectivity index (χ1v) is 7.28. The van der Waals surface area contributed by atoms with Gasteiger partial charge in [-0.15, -0.1) is 5.10 Å². The number of fused-ring (bicyclic) bond motifs is 1. The highest BCUT2D eigenvalue weighted by atomic mass is 16.3. The first-order valence-electron chi connectivity index (χ1n) is 7.28. The predicted molar refractivity (Wildman–Crippen MR) is 88.9 cm³/mol. The van der Waals surface area contributed by atoms with Gasteiger partial charge in [-0.2, -0.15) is 0 Å². The molecule has 0 aliphatic carbocycles. The van der Waals surface area contributed by atoms with Crippen molar-refractivity contribution >= 4 is 22.8 Å². The van der Waals surface area contributed by atoms with Crippen molar-refractivity contribution in [2.45, 2.75) is 6.92 Å². The molecule has 2 amide bonds. The number of primary amides is 1. The first-order chi connectivity index (χ1) is 11.5. The smallest absolute Gasteiger partial charge is 0.271 e. The number of para-hydroxylation sites is 1. The van der Waals surface area contributed by atoms with E-state index in [1.807, 2.05) is 19.1 Å². The molecule has 0 fully saturated rings. The molecule has 0 bridgehead atoms. The van der Waals surface area contributed by atoms with Crippen molar-refractivity contribution in [3.63, 3.8) is 0 Å². The normalized spacial score (nSPS) is 11.5. The Morgan fingerprint density at radius 2 is 1.88 bits per heavy atom. The van der Waals surface area contributed by atoms with Crippen LogP contribution < -0.4 is 16.7 Å². The van der Waals surface area contributed by atoms with Crippen molar-refractivity contribution in [1.82, 2.24) is 5.43 Å². The minimum atomic E-state index is -0.687. The molecule has 3 rings (SSSR count). The summed E-state index contributed by atoms with van der Waals surface area (Å²) in [5, 5.41) is 4.63. The van der Waals surface area contributed by atoms with E-state index in [-0.39, 0.29) is 11.1 Å². The van der Waals surface area contributed by atoms with E-state index in [4.69, 9.17) is 10.2 Å². The van der Waals surface area contributed by atoms with Crippen LogP contribution in [-0.4, -0.2) is 11.8 Å². The van der Waals surface area contributed by atoms with Crippen molar-refractivity contribution in [2.24, 2.45) is 10.8 Å². The third-order valence-corrected chi connectivity index (χ3v) is 3.46. The second-order valence-corrected chi connectivity index (χ2v) is 5.29. The van der Waals surface area contributed by atoms with Crippen LogP contribution in [0.25, 0.3) is 11.0 Å². The van der Waals surface area contributed by atoms with Crippen LogP contribution in [0, 0.1) is 6.92 Å². The number of carbonyl (C=O) groups excluding carboxylic acids is 2. The van der Waals surface area contributed by atoms with Crippen LogP contribution >= 0.6 is 0 Å². The Morgan fingerprint density at radius 3 is 2.62 bits per heavy atom. The van der Waals surface area contributed by atoms with Crippen LogP contribution in [0.5, 0.6) is 0 Å². The second-order valence-electron chi connectivity index (χ2n) is 5.29. The summed E-state index contributed by atoms with van der Waals surface area (Å²) in [5.41, 5.74) is 9.76. The number of nitrogens with zero attached hydrogens (tertiary/aromatic N) is 1. The van der Waals surface area contributed by atoms with Gasteiger partial charge in [0.2, 0.25) is 5.55 Å². The summed E-state index contributed by atoms with van der Waals surface area (Å²) >= 11 is 0. The van der Waals surface area contributed by atoms with Gasteiger partial charge in [0.1, 0.15) is 11.1 Å². The number of amides is 2. The van der Waals surface area contributed by atoms with Crippen molar-refractivity contribution in [2.75, 3.05) is 0 Å². The lowest BCUT2D eigenvalue weighted by Crippen LogP contribution is -2.27. The highest BCUT2D eigenvalue weighted by Crippen LogP contribution is 2.12. The summed E-state index contributed by atoms with van der Waals surface area (Å²) in [7, 11) is 0. The Balaban J connectivity index is 2.01. The monoisotopic (exact) mass is 321 g/mol. The van der Waals surface area contributed by atoms with Crippen LogP contribution in [0.4, 0.5) is 0 Å². The Morgan fingerprint density at radius 1 is 1.08 bits per heavy atom. The van der Waals surface area contributed by atoms with Gasteiger partial charge in [-0.1, -0.05) is 35.9 Å². The van der Waals surface area contributed by atoms with E-state index in [2.05, 4.69) is 10.5 Å². The number of hydrogen-bond donors (Lipinski definition) is 2. The lowest BCUT2D eigenvalue weighted by molar-refractivity contribution is 0.0946. The Labute approximate surface area is 137 Å². The number of rotatable bonds is 3. The number of nitrogens with one attached hydrogen (secondary N) is 1. The molecule has 0 spiro atoms. The van der Waals surface area contributed by atoms with Gasteiger partial charge >= 0.3 is 0 Å². The van der Waals surface area contributed by atoms with Gasteiger partial charge in [-0.25, -0.2) is 5.43 Å². The number of aryl methyl sites for hydroxylation is 1. The van der Waals surface area contributed by atoms with Gasteiger partial charge in [0.15, 0.2) is 0 Å². The molecule has 3 N–H and O–H groups in total. The van der Waals surface area contributed by atoms with Gasteiger partial charge in [0.05, 0.1) is 0 Å². The molecular formula is C18H15N3O3. The van der Waals surface area contributed by atoms with Crippen LogP contribution in [0.2, 0.25) is 0 Å². The van der Waals surface area contributed by atoms with E-state index >= 15 is 0 Å². The molecule has 1 heterocycles. The summed E-state index contributed by atoms with van der Waals surface area (Å²) in [6.45, 7) is 1.89. The molecule has 0 saturated heterocycles. The van der Waals surface area contributed by atoms with Crippen molar-refractivity contribution in [3.05, 3.63) is 76.8 Å². The molecule has 6 heteroatoms. The molecule has 120 valence electrons. The van der Waals surface area contributed by atoms with Crippen molar-refractivity contribution < 1.29 is 14.0 Å². The largest absolute Gasteiger partial charge is 0.436 e. The highest BCUT2D eigenvalue weighted by Gasteiger charge is 2.10. The Kier molecular flexibility index (Phi) is 4.11. The average molecular weight is 321 g/mol. The molecule has 24 heavy (non-hydrogen) atoms. The molecule has 0 aliphatic heterocycles. The molecule has 3 aromatic rings. The summed E-state index contributed by atoms with van der Waals surface area (Å²) in [5.74, 6) is -1.09.